The number of nitrogens with one attached hydrogen (secondary N) is 1. The van der Waals surface area contributed by atoms with Gasteiger partial charge in [-0.1, -0.05) is 12.1 Å². The van der Waals surface area contributed by atoms with Crippen LogP contribution in [0.5, 0.6) is 5.75 Å². The Balaban J connectivity index is 1.55. The quantitative estimate of drug-likeness (QED) is 0.770. The van der Waals surface area contributed by atoms with Crippen LogP contribution < -0.4 is 4.74 Å². The van der Waals surface area contributed by atoms with Gasteiger partial charge in [-0.2, -0.15) is 5.10 Å². The normalized spacial score (nSPS) is 24.5. The zero-order chi connectivity index (χ0) is 22.2. The first-order valence-electron chi connectivity index (χ1n) is 10.3. The van der Waals surface area contributed by atoms with Crippen molar-refractivity contribution >= 4 is 6.03 Å². The van der Waals surface area contributed by atoms with Gasteiger partial charge < -0.3 is 19.6 Å². The first kappa shape index (κ1) is 21.5. The third kappa shape index (κ3) is 5.12. The molecule has 0 radical (unpaired) electrons. The molecule has 2 fully saturated rings. The second-order valence-corrected chi connectivity index (χ2v) is 8.30. The molecule has 2 saturated heterocycles. The maximum atomic E-state index is 13.1. The van der Waals surface area contributed by atoms with Crippen LogP contribution in [0.3, 0.4) is 0 Å². The number of ether oxygens (including phenoxy) is 1. The van der Waals surface area contributed by atoms with Gasteiger partial charge in [0.15, 0.2) is 0 Å². The van der Waals surface area contributed by atoms with Crippen molar-refractivity contribution in [3.05, 3.63) is 47.3 Å². The van der Waals surface area contributed by atoms with Crippen molar-refractivity contribution in [3.63, 3.8) is 0 Å². The number of urea groups is 1. The third-order valence-electron chi connectivity index (χ3n) is 5.88. The molecule has 168 valence electrons. The minimum atomic E-state index is -4.74. The van der Waals surface area contributed by atoms with E-state index in [4.69, 9.17) is 0 Å². The minimum Gasteiger partial charge on any atom is -0.406 e. The number of benzene rings is 1. The lowest BCUT2D eigenvalue weighted by molar-refractivity contribution is -0.274. The summed E-state index contributed by atoms with van der Waals surface area (Å²) >= 11 is 0. The van der Waals surface area contributed by atoms with Crippen LogP contribution in [0, 0.1) is 6.92 Å². The van der Waals surface area contributed by atoms with E-state index in [0.717, 1.165) is 23.4 Å². The van der Waals surface area contributed by atoms with Gasteiger partial charge >= 0.3 is 12.4 Å². The number of aliphatic hydroxyl groups is 1. The van der Waals surface area contributed by atoms with Crippen LogP contribution in [-0.4, -0.2) is 69.8 Å². The molecule has 3 unspecified atom stereocenters. The summed E-state index contributed by atoms with van der Waals surface area (Å²) in [7, 11) is 0. The highest BCUT2D eigenvalue weighted by Gasteiger charge is 2.36. The summed E-state index contributed by atoms with van der Waals surface area (Å²) in [4.78, 5) is 16.5. The van der Waals surface area contributed by atoms with E-state index >= 15 is 0 Å². The number of carbonyl (C=O) groups is 1. The average Bonchev–Trinajstić information content (AvgIpc) is 3.35. The number of hydrogen-bond donors (Lipinski definition) is 2. The van der Waals surface area contributed by atoms with E-state index in [2.05, 4.69) is 14.9 Å². The molecule has 10 heteroatoms. The second kappa shape index (κ2) is 8.41. The Morgan fingerprint density at radius 3 is 2.45 bits per heavy atom. The van der Waals surface area contributed by atoms with Crippen molar-refractivity contribution in [1.82, 2.24) is 20.0 Å². The molecule has 1 aromatic carbocycles. The number of rotatable bonds is 3. The largest absolute Gasteiger partial charge is 0.573 e. The Hall–Kier alpha value is -2.75. The molecule has 1 aromatic heterocycles. The number of likely N-dealkylation sites (tertiary alicyclic amines) is 2. The van der Waals surface area contributed by atoms with Crippen molar-refractivity contribution < 1.29 is 27.8 Å². The van der Waals surface area contributed by atoms with Gasteiger partial charge in [-0.25, -0.2) is 4.79 Å². The summed E-state index contributed by atoms with van der Waals surface area (Å²) in [5.74, 6) is -0.344. The molecule has 0 aliphatic carbocycles. The van der Waals surface area contributed by atoms with E-state index in [1.807, 2.05) is 13.0 Å². The fourth-order valence-corrected chi connectivity index (χ4v) is 4.42. The van der Waals surface area contributed by atoms with Gasteiger partial charge in [0.05, 0.1) is 11.8 Å². The van der Waals surface area contributed by atoms with E-state index < -0.39 is 12.5 Å². The number of hydrogen-bond acceptors (Lipinski definition) is 4. The number of piperidine rings is 1. The highest BCUT2D eigenvalue weighted by Crippen LogP contribution is 2.37. The Morgan fingerprint density at radius 2 is 1.87 bits per heavy atom. The van der Waals surface area contributed by atoms with Crippen LogP contribution in [-0.2, 0) is 0 Å². The second-order valence-electron chi connectivity index (χ2n) is 8.30. The maximum absolute atomic E-state index is 13.1. The van der Waals surface area contributed by atoms with Gasteiger partial charge in [-0.05, 0) is 43.5 Å². The number of aromatic amines is 1. The molecular weight excluding hydrogens is 413 g/mol. The van der Waals surface area contributed by atoms with E-state index in [0.29, 0.717) is 32.6 Å². The number of aliphatic hydroxyl groups excluding tert-OH is 1. The van der Waals surface area contributed by atoms with Crippen molar-refractivity contribution in [2.75, 3.05) is 26.2 Å². The van der Waals surface area contributed by atoms with Crippen LogP contribution >= 0.6 is 0 Å². The number of aryl methyl sites for hydroxylation is 1. The third-order valence-corrected chi connectivity index (χ3v) is 5.88. The summed E-state index contributed by atoms with van der Waals surface area (Å²) in [5, 5.41) is 17.1. The summed E-state index contributed by atoms with van der Waals surface area (Å²) in [6.45, 7) is 3.68. The summed E-state index contributed by atoms with van der Waals surface area (Å²) in [6, 6.07) is 7.66. The van der Waals surface area contributed by atoms with Crippen LogP contribution in [0.1, 0.15) is 41.6 Å². The number of carbonyl (C=O) groups excluding carboxylic acids is 1. The van der Waals surface area contributed by atoms with E-state index in [-0.39, 0.29) is 23.6 Å². The number of aromatic nitrogens is 2. The molecule has 3 heterocycles. The fraction of sp³-hybridized carbons (Fsp3) is 0.524. The zero-order valence-electron chi connectivity index (χ0n) is 17.1. The Bertz CT molecular complexity index is 915. The Kier molecular flexibility index (Phi) is 5.83. The van der Waals surface area contributed by atoms with Gasteiger partial charge in [-0.3, -0.25) is 5.10 Å². The highest BCUT2D eigenvalue weighted by molar-refractivity contribution is 5.75. The number of β-amino-alcohol motifs (C(OH)–C–C–N with tert-alkyl or cyclic N) is 1. The van der Waals surface area contributed by atoms with E-state index in [9.17, 15) is 23.1 Å². The molecule has 2 amide bonds. The molecule has 2 aliphatic heterocycles. The Morgan fingerprint density at radius 1 is 1.16 bits per heavy atom. The lowest BCUT2D eigenvalue weighted by atomic mass is 9.83. The van der Waals surface area contributed by atoms with E-state index in [1.165, 1.54) is 12.1 Å². The number of halogens is 3. The topological polar surface area (TPSA) is 81.7 Å². The monoisotopic (exact) mass is 438 g/mol. The van der Waals surface area contributed by atoms with Gasteiger partial charge in [0, 0.05) is 43.7 Å². The first-order valence-corrected chi connectivity index (χ1v) is 10.3. The van der Waals surface area contributed by atoms with Gasteiger partial charge in [0.2, 0.25) is 0 Å². The number of amides is 2. The molecule has 2 aromatic rings. The van der Waals surface area contributed by atoms with Crippen LogP contribution in [0.25, 0.3) is 0 Å². The van der Waals surface area contributed by atoms with Gasteiger partial charge in [0.25, 0.3) is 0 Å². The van der Waals surface area contributed by atoms with Crippen LogP contribution in [0.15, 0.2) is 30.3 Å². The molecule has 2 N–H and O–H groups in total. The molecule has 2 aliphatic rings. The summed E-state index contributed by atoms with van der Waals surface area (Å²) in [6.07, 6.45) is -3.96. The van der Waals surface area contributed by atoms with Crippen molar-refractivity contribution in [2.45, 2.75) is 44.1 Å². The number of alkyl halides is 3. The highest BCUT2D eigenvalue weighted by atomic mass is 19.4. The summed E-state index contributed by atoms with van der Waals surface area (Å²) in [5.41, 5.74) is 2.62. The first-order chi connectivity index (χ1) is 14.7. The van der Waals surface area contributed by atoms with E-state index in [1.54, 1.807) is 21.9 Å². The number of nitrogens with zero attached hydrogens (tertiary/aromatic N) is 3. The minimum absolute atomic E-state index is 0.00808. The molecule has 0 saturated carbocycles. The number of H-pyrrole nitrogens is 1. The summed E-state index contributed by atoms with van der Waals surface area (Å²) < 4.78 is 41.3. The van der Waals surface area contributed by atoms with Crippen molar-refractivity contribution in [2.24, 2.45) is 0 Å². The van der Waals surface area contributed by atoms with Crippen LogP contribution in [0.4, 0.5) is 18.0 Å². The molecule has 0 spiro atoms. The van der Waals surface area contributed by atoms with Crippen molar-refractivity contribution in [3.8, 4) is 5.75 Å². The van der Waals surface area contributed by atoms with Crippen LogP contribution in [0.2, 0.25) is 0 Å². The zero-order valence-corrected chi connectivity index (χ0v) is 17.1. The molecule has 7 nitrogen and oxygen atoms in total. The SMILES string of the molecule is Cc1cc(C2CC(c3ccc(OC(F)(F)F)cc3)CN(C(=O)N3CCC(O)C3)C2)n[nH]1. The molecule has 4 rings (SSSR count). The lowest BCUT2D eigenvalue weighted by Crippen LogP contribution is -2.48. The standard InChI is InChI=1S/C21H25F3N4O3/c1-13-8-19(26-25-13)16-9-15(14-2-4-18(5-3-14)31-21(22,23)24)10-28(11-16)20(30)27-7-6-17(29)12-27/h2-5,8,15-17,29H,6-7,9-12H2,1H3,(H,25,26). The predicted molar refractivity (Wildman–Crippen MR) is 106 cm³/mol. The average molecular weight is 438 g/mol. The van der Waals surface area contributed by atoms with Crippen molar-refractivity contribution in [1.29, 1.82) is 0 Å². The smallest absolute Gasteiger partial charge is 0.406 e. The predicted octanol–water partition coefficient (Wildman–Crippen LogP) is 3.38. The molecular formula is C21H25F3N4O3. The fourth-order valence-electron chi connectivity index (χ4n) is 4.42. The molecule has 3 atom stereocenters. The molecule has 31 heavy (non-hydrogen) atoms. The maximum Gasteiger partial charge on any atom is 0.573 e. The Labute approximate surface area is 177 Å². The lowest BCUT2D eigenvalue weighted by Gasteiger charge is -2.39. The van der Waals surface area contributed by atoms with Gasteiger partial charge in [-0.15, -0.1) is 13.2 Å². The van der Waals surface area contributed by atoms with Gasteiger partial charge in [0.1, 0.15) is 5.75 Å². The molecule has 0 bridgehead atoms.